The minimum Gasteiger partial charge on any atom is -0.493 e. The molecule has 6 fully saturated rings. The predicted octanol–water partition coefficient (Wildman–Crippen LogP) is 5.38. The molecule has 5 aliphatic carbocycles. The maximum atomic E-state index is 15.3. The molecule has 0 aromatic heterocycles. The molecule has 1 aliphatic heterocycles. The topological polar surface area (TPSA) is 66.8 Å². The highest BCUT2D eigenvalue weighted by Gasteiger charge is 2.51. The van der Waals surface area contributed by atoms with E-state index in [0.29, 0.717) is 31.7 Å². The maximum Gasteiger partial charge on any atom is 0.326 e. The monoisotopic (exact) mass is 455 g/mol. The van der Waals surface area contributed by atoms with Crippen molar-refractivity contribution < 1.29 is 23.8 Å². The van der Waals surface area contributed by atoms with Gasteiger partial charge < -0.3 is 14.7 Å². The Balaban J connectivity index is 1.26. The molecule has 0 radical (unpaired) electrons. The largest absolute Gasteiger partial charge is 0.493 e. The minimum atomic E-state index is -1.02. The van der Waals surface area contributed by atoms with E-state index >= 15 is 4.39 Å². The predicted molar refractivity (Wildman–Crippen MR) is 121 cm³/mol. The molecule has 178 valence electrons. The van der Waals surface area contributed by atoms with E-state index in [-0.39, 0.29) is 16.9 Å². The molecule has 5 saturated carbocycles. The van der Waals surface area contributed by atoms with Gasteiger partial charge in [0.2, 0.25) is 0 Å². The molecule has 1 aromatic rings. The normalized spacial score (nSPS) is 35.0. The Morgan fingerprint density at radius 2 is 1.70 bits per heavy atom. The van der Waals surface area contributed by atoms with Crippen LogP contribution in [0.25, 0.3) is 0 Å². The van der Waals surface area contributed by atoms with E-state index in [9.17, 15) is 14.7 Å². The highest BCUT2D eigenvalue weighted by Crippen LogP contribution is 2.60. The first-order valence-electron chi connectivity index (χ1n) is 12.9. The fourth-order valence-corrected chi connectivity index (χ4v) is 8.02. The van der Waals surface area contributed by atoms with Crippen molar-refractivity contribution in [1.29, 1.82) is 0 Å². The second-order valence-corrected chi connectivity index (χ2v) is 11.7. The smallest absolute Gasteiger partial charge is 0.326 e. The molecule has 5 nitrogen and oxygen atoms in total. The van der Waals surface area contributed by atoms with Crippen LogP contribution in [0.2, 0.25) is 0 Å². The van der Waals surface area contributed by atoms with Gasteiger partial charge in [-0.1, -0.05) is 6.42 Å². The number of amides is 1. The van der Waals surface area contributed by atoms with E-state index in [2.05, 4.69) is 0 Å². The average Bonchev–Trinajstić information content (AvgIpc) is 3.21. The zero-order valence-corrected chi connectivity index (χ0v) is 19.2. The van der Waals surface area contributed by atoms with Gasteiger partial charge in [-0.05, 0) is 99.5 Å². The number of hydrogen-bond acceptors (Lipinski definition) is 3. The Hall–Kier alpha value is -2.11. The van der Waals surface area contributed by atoms with Crippen molar-refractivity contribution >= 4 is 11.9 Å². The summed E-state index contributed by atoms with van der Waals surface area (Å²) in [7, 11) is 0. The summed E-state index contributed by atoms with van der Waals surface area (Å²) in [5, 5.41) is 9.46. The van der Waals surface area contributed by atoms with Gasteiger partial charge in [0.15, 0.2) is 0 Å². The standard InChI is InChI=1S/C27H34FNO4/c28-22-11-24(33-15-27-12-16-7-17(13-27)9-18(8-16)14-27)20(19-3-1-4-19)10-21(22)25(30)29-6-2-5-23(29)26(31)32/h10-11,16-19,23H,1-9,12-15H2,(H,31,32)/t16?,17?,18?,23-,27?/m0/s1. The first kappa shape index (κ1) is 21.4. The number of carbonyl (C=O) groups excluding carboxylic acids is 1. The average molecular weight is 456 g/mol. The summed E-state index contributed by atoms with van der Waals surface area (Å²) in [5.41, 5.74) is 1.16. The molecule has 1 saturated heterocycles. The molecule has 1 atom stereocenters. The Kier molecular flexibility index (Phi) is 5.19. The molecular formula is C27H34FNO4. The molecule has 4 bridgehead atoms. The van der Waals surface area contributed by atoms with Crippen LogP contribution in [-0.4, -0.2) is 41.1 Å². The number of hydrogen-bond donors (Lipinski definition) is 1. The van der Waals surface area contributed by atoms with Gasteiger partial charge in [-0.15, -0.1) is 0 Å². The van der Waals surface area contributed by atoms with Gasteiger partial charge in [-0.3, -0.25) is 4.79 Å². The lowest BCUT2D eigenvalue weighted by molar-refractivity contribution is -0.141. The lowest BCUT2D eigenvalue weighted by Gasteiger charge is -2.56. The molecule has 0 spiro atoms. The Labute approximate surface area is 194 Å². The van der Waals surface area contributed by atoms with Crippen LogP contribution in [-0.2, 0) is 4.79 Å². The van der Waals surface area contributed by atoms with Crippen molar-refractivity contribution in [3.8, 4) is 5.75 Å². The Bertz CT molecular complexity index is 936. The van der Waals surface area contributed by atoms with E-state index in [1.54, 1.807) is 6.07 Å². The Morgan fingerprint density at radius 3 is 2.27 bits per heavy atom. The van der Waals surface area contributed by atoms with E-state index in [1.165, 1.54) is 49.5 Å². The van der Waals surface area contributed by atoms with Crippen LogP contribution in [0.3, 0.4) is 0 Å². The summed E-state index contributed by atoms with van der Waals surface area (Å²) in [6.07, 6.45) is 12.1. The molecule has 33 heavy (non-hydrogen) atoms. The van der Waals surface area contributed by atoms with Crippen molar-refractivity contribution in [1.82, 2.24) is 4.90 Å². The first-order chi connectivity index (χ1) is 15.9. The third-order valence-electron chi connectivity index (χ3n) is 9.37. The molecule has 0 unspecified atom stereocenters. The van der Waals surface area contributed by atoms with Crippen molar-refractivity contribution in [2.45, 2.75) is 82.6 Å². The fraction of sp³-hybridized carbons (Fsp3) is 0.704. The van der Waals surface area contributed by atoms with Crippen molar-refractivity contribution in [2.75, 3.05) is 13.2 Å². The number of likely N-dealkylation sites (tertiary alicyclic amines) is 1. The molecular weight excluding hydrogens is 421 g/mol. The van der Waals surface area contributed by atoms with E-state index in [4.69, 9.17) is 4.74 Å². The van der Waals surface area contributed by atoms with Gasteiger partial charge >= 0.3 is 5.97 Å². The molecule has 7 rings (SSSR count). The van der Waals surface area contributed by atoms with Crippen LogP contribution in [0.15, 0.2) is 12.1 Å². The van der Waals surface area contributed by atoms with Crippen molar-refractivity contribution in [2.24, 2.45) is 23.2 Å². The van der Waals surface area contributed by atoms with Gasteiger partial charge in [0, 0.05) is 18.0 Å². The fourth-order valence-electron chi connectivity index (χ4n) is 8.02. The van der Waals surface area contributed by atoms with Crippen LogP contribution >= 0.6 is 0 Å². The third kappa shape index (κ3) is 3.74. The molecule has 1 amide bonds. The van der Waals surface area contributed by atoms with E-state index in [1.807, 2.05) is 0 Å². The third-order valence-corrected chi connectivity index (χ3v) is 9.37. The molecule has 1 N–H and O–H groups in total. The number of nitrogens with zero attached hydrogens (tertiary/aromatic N) is 1. The van der Waals surface area contributed by atoms with Crippen LogP contribution in [0.1, 0.15) is 92.5 Å². The van der Waals surface area contributed by atoms with E-state index < -0.39 is 23.7 Å². The second-order valence-electron chi connectivity index (χ2n) is 11.7. The molecule has 6 aliphatic rings. The van der Waals surface area contributed by atoms with Crippen molar-refractivity contribution in [3.63, 3.8) is 0 Å². The number of carbonyl (C=O) groups is 2. The number of rotatable bonds is 6. The van der Waals surface area contributed by atoms with Crippen LogP contribution in [0.5, 0.6) is 5.75 Å². The Morgan fingerprint density at radius 1 is 1.03 bits per heavy atom. The van der Waals surface area contributed by atoms with Crippen LogP contribution in [0.4, 0.5) is 4.39 Å². The zero-order chi connectivity index (χ0) is 22.7. The second kappa shape index (κ2) is 7.99. The maximum absolute atomic E-state index is 15.3. The summed E-state index contributed by atoms with van der Waals surface area (Å²) in [5.74, 6) is 1.28. The minimum absolute atomic E-state index is 0.00722. The highest BCUT2D eigenvalue weighted by atomic mass is 19.1. The lowest BCUT2D eigenvalue weighted by atomic mass is 9.50. The number of carboxylic acids is 1. The first-order valence-corrected chi connectivity index (χ1v) is 12.9. The summed E-state index contributed by atoms with van der Waals surface area (Å²) in [6.45, 7) is 1.01. The van der Waals surface area contributed by atoms with Gasteiger partial charge in [-0.25, -0.2) is 9.18 Å². The summed E-state index contributed by atoms with van der Waals surface area (Å²) in [6, 6.07) is 2.22. The summed E-state index contributed by atoms with van der Waals surface area (Å²) < 4.78 is 21.7. The van der Waals surface area contributed by atoms with Crippen LogP contribution in [0, 0.1) is 29.0 Å². The number of ether oxygens (including phenoxy) is 1. The van der Waals surface area contributed by atoms with Gasteiger partial charge in [0.25, 0.3) is 5.91 Å². The summed E-state index contributed by atoms with van der Waals surface area (Å²) >= 11 is 0. The van der Waals surface area contributed by atoms with Gasteiger partial charge in [0.05, 0.1) is 12.2 Å². The number of halogens is 1. The lowest BCUT2D eigenvalue weighted by Crippen LogP contribution is -2.48. The number of carboxylic acid groups (broad SMARTS) is 1. The molecule has 1 aromatic carbocycles. The summed E-state index contributed by atoms with van der Waals surface area (Å²) in [4.78, 5) is 26.0. The zero-order valence-electron chi connectivity index (χ0n) is 19.2. The quantitative estimate of drug-likeness (QED) is 0.626. The van der Waals surface area contributed by atoms with Gasteiger partial charge in [-0.2, -0.15) is 0 Å². The molecule has 6 heteroatoms. The number of aliphatic carboxylic acids is 1. The highest BCUT2D eigenvalue weighted by molar-refractivity contribution is 5.97. The van der Waals surface area contributed by atoms with Crippen molar-refractivity contribution in [3.05, 3.63) is 29.1 Å². The SMILES string of the molecule is O=C(O)[C@@H]1CCCN1C(=O)c1cc(C2CCC2)c(OCC23CC4CC(CC(C4)C2)C3)cc1F. The molecule has 1 heterocycles. The number of benzene rings is 1. The van der Waals surface area contributed by atoms with Crippen LogP contribution < -0.4 is 4.74 Å². The van der Waals surface area contributed by atoms with E-state index in [0.717, 1.165) is 42.6 Å². The van der Waals surface area contributed by atoms with Gasteiger partial charge in [0.1, 0.15) is 17.6 Å².